The highest BCUT2D eigenvalue weighted by Gasteiger charge is 2.21. The zero-order valence-electron chi connectivity index (χ0n) is 15.6. The number of carbonyl (C=O) groups excluding carboxylic acids is 1. The second-order valence-corrected chi connectivity index (χ2v) is 6.59. The molecule has 6 heteroatoms. The van der Waals surface area contributed by atoms with Gasteiger partial charge < -0.3 is 14.3 Å². The molecular weight excluding hydrogens is 342 g/mol. The van der Waals surface area contributed by atoms with Crippen LogP contribution in [0.1, 0.15) is 39.5 Å². The van der Waals surface area contributed by atoms with E-state index >= 15 is 0 Å². The van der Waals surface area contributed by atoms with Crippen molar-refractivity contribution in [3.05, 3.63) is 87.5 Å². The van der Waals surface area contributed by atoms with E-state index in [9.17, 15) is 9.59 Å². The highest BCUT2D eigenvalue weighted by molar-refractivity contribution is 5.94. The minimum absolute atomic E-state index is 0.0795. The molecule has 0 unspecified atom stereocenters. The quantitative estimate of drug-likeness (QED) is 0.698. The smallest absolute Gasteiger partial charge is 0.349 e. The van der Waals surface area contributed by atoms with Gasteiger partial charge >= 0.3 is 5.63 Å². The standard InChI is InChI=1S/C21H23N3O3/c1-15-13-17(10-6-9-16-7-4-3-5-8-16)27-21(26)19(15)20(25)24(2)14-18-22-11-12-23-18/h3-5,7-8,11-13H,6,9-10,14H2,1-2H3,(H,22,23). The number of hydrogen-bond acceptors (Lipinski definition) is 4. The van der Waals surface area contributed by atoms with Crippen molar-refractivity contribution in [3.8, 4) is 0 Å². The van der Waals surface area contributed by atoms with Gasteiger partial charge in [0, 0.05) is 25.9 Å². The molecule has 0 fully saturated rings. The van der Waals surface area contributed by atoms with Crippen LogP contribution < -0.4 is 5.63 Å². The van der Waals surface area contributed by atoms with Crippen molar-refractivity contribution in [2.45, 2.75) is 32.7 Å². The van der Waals surface area contributed by atoms with Crippen LogP contribution in [-0.2, 0) is 19.4 Å². The van der Waals surface area contributed by atoms with Crippen molar-refractivity contribution in [2.75, 3.05) is 7.05 Å². The van der Waals surface area contributed by atoms with Gasteiger partial charge in [0.25, 0.3) is 5.91 Å². The lowest BCUT2D eigenvalue weighted by atomic mass is 10.1. The number of aryl methyl sites for hydroxylation is 3. The normalized spacial score (nSPS) is 10.7. The number of hydrogen-bond donors (Lipinski definition) is 1. The molecule has 0 saturated heterocycles. The molecule has 140 valence electrons. The predicted octanol–water partition coefficient (Wildman–Crippen LogP) is 3.12. The van der Waals surface area contributed by atoms with Gasteiger partial charge in [0.1, 0.15) is 17.1 Å². The summed E-state index contributed by atoms with van der Waals surface area (Å²) in [7, 11) is 1.64. The van der Waals surface area contributed by atoms with Crippen molar-refractivity contribution in [2.24, 2.45) is 0 Å². The largest absolute Gasteiger partial charge is 0.427 e. The Labute approximate surface area is 157 Å². The Morgan fingerprint density at radius 1 is 1.22 bits per heavy atom. The number of aromatic nitrogens is 2. The fourth-order valence-corrected chi connectivity index (χ4v) is 3.04. The number of H-pyrrole nitrogens is 1. The van der Waals surface area contributed by atoms with E-state index in [0.29, 0.717) is 30.1 Å². The van der Waals surface area contributed by atoms with Crippen LogP contribution in [0.25, 0.3) is 0 Å². The van der Waals surface area contributed by atoms with E-state index in [1.165, 1.54) is 10.5 Å². The van der Waals surface area contributed by atoms with Gasteiger partial charge in [-0.2, -0.15) is 0 Å². The molecule has 3 rings (SSSR count). The first-order valence-electron chi connectivity index (χ1n) is 8.96. The van der Waals surface area contributed by atoms with Crippen LogP contribution in [0.2, 0.25) is 0 Å². The molecule has 0 atom stereocenters. The van der Waals surface area contributed by atoms with E-state index in [-0.39, 0.29) is 11.5 Å². The third-order valence-corrected chi connectivity index (χ3v) is 4.43. The topological polar surface area (TPSA) is 79.2 Å². The number of rotatable bonds is 7. The minimum atomic E-state index is -0.582. The van der Waals surface area contributed by atoms with Crippen LogP contribution in [0.5, 0.6) is 0 Å². The first-order chi connectivity index (χ1) is 13.0. The lowest BCUT2D eigenvalue weighted by Crippen LogP contribution is -2.31. The summed E-state index contributed by atoms with van der Waals surface area (Å²) in [6, 6.07) is 12.0. The third kappa shape index (κ3) is 4.73. The van der Waals surface area contributed by atoms with Crippen molar-refractivity contribution >= 4 is 5.91 Å². The molecule has 1 aromatic carbocycles. The second kappa shape index (κ2) is 8.49. The first-order valence-corrected chi connectivity index (χ1v) is 8.96. The maximum absolute atomic E-state index is 12.6. The highest BCUT2D eigenvalue weighted by Crippen LogP contribution is 2.13. The molecule has 2 heterocycles. The molecule has 2 aromatic heterocycles. The Morgan fingerprint density at radius 2 is 2.00 bits per heavy atom. The molecule has 1 amide bonds. The maximum Gasteiger partial charge on any atom is 0.349 e. The molecule has 27 heavy (non-hydrogen) atoms. The molecule has 0 aliphatic heterocycles. The summed E-state index contributed by atoms with van der Waals surface area (Å²) in [4.78, 5) is 33.5. The first kappa shape index (κ1) is 18.6. The van der Waals surface area contributed by atoms with Crippen molar-refractivity contribution in [1.29, 1.82) is 0 Å². The van der Waals surface area contributed by atoms with E-state index in [1.807, 2.05) is 18.2 Å². The Hall–Kier alpha value is -3.15. The zero-order valence-corrected chi connectivity index (χ0v) is 15.6. The van der Waals surface area contributed by atoms with Gasteiger partial charge in [0.15, 0.2) is 0 Å². The Morgan fingerprint density at radius 3 is 2.67 bits per heavy atom. The monoisotopic (exact) mass is 365 g/mol. The van der Waals surface area contributed by atoms with Crippen LogP contribution in [0.3, 0.4) is 0 Å². The van der Waals surface area contributed by atoms with E-state index in [0.717, 1.165) is 12.8 Å². The number of nitrogens with zero attached hydrogens (tertiary/aromatic N) is 2. The molecule has 0 saturated carbocycles. The predicted molar refractivity (Wildman–Crippen MR) is 103 cm³/mol. The summed E-state index contributed by atoms with van der Waals surface area (Å²) in [5.74, 6) is 0.901. The summed E-state index contributed by atoms with van der Waals surface area (Å²) in [5.41, 5.74) is 1.39. The molecule has 0 aliphatic rings. The van der Waals surface area contributed by atoms with Gasteiger partial charge in [0.05, 0.1) is 6.54 Å². The SMILES string of the molecule is Cc1cc(CCCc2ccccc2)oc(=O)c1C(=O)N(C)Cc1ncc[nH]1. The summed E-state index contributed by atoms with van der Waals surface area (Å²) in [6.07, 6.45) is 5.75. The Bertz CT molecular complexity index is 947. The number of aromatic amines is 1. The fourth-order valence-electron chi connectivity index (χ4n) is 3.04. The van der Waals surface area contributed by atoms with E-state index < -0.39 is 5.63 Å². The molecule has 1 N–H and O–H groups in total. The summed E-state index contributed by atoms with van der Waals surface area (Å²) >= 11 is 0. The lowest BCUT2D eigenvalue weighted by molar-refractivity contribution is 0.0776. The Balaban J connectivity index is 1.67. The number of nitrogens with one attached hydrogen (secondary N) is 1. The summed E-state index contributed by atoms with van der Waals surface area (Å²) < 4.78 is 5.41. The molecule has 0 aliphatic carbocycles. The number of amides is 1. The molecule has 0 radical (unpaired) electrons. The maximum atomic E-state index is 12.6. The molecule has 3 aromatic rings. The van der Waals surface area contributed by atoms with Crippen molar-refractivity contribution in [3.63, 3.8) is 0 Å². The van der Waals surface area contributed by atoms with Crippen molar-refractivity contribution in [1.82, 2.24) is 14.9 Å². The third-order valence-electron chi connectivity index (χ3n) is 4.43. The Kier molecular flexibility index (Phi) is 5.86. The molecule has 0 bridgehead atoms. The van der Waals surface area contributed by atoms with Gasteiger partial charge in [0.2, 0.25) is 0 Å². The van der Waals surface area contributed by atoms with Gasteiger partial charge in [-0.25, -0.2) is 9.78 Å². The minimum Gasteiger partial charge on any atom is -0.427 e. The highest BCUT2D eigenvalue weighted by atomic mass is 16.4. The number of imidazole rings is 1. The van der Waals surface area contributed by atoms with E-state index in [4.69, 9.17) is 4.42 Å². The molecular formula is C21H23N3O3. The zero-order chi connectivity index (χ0) is 19.2. The van der Waals surface area contributed by atoms with Crippen molar-refractivity contribution < 1.29 is 9.21 Å². The van der Waals surface area contributed by atoms with Crippen LogP contribution >= 0.6 is 0 Å². The summed E-state index contributed by atoms with van der Waals surface area (Å²) in [6.45, 7) is 2.06. The fraction of sp³-hybridized carbons (Fsp3) is 0.286. The second-order valence-electron chi connectivity index (χ2n) is 6.59. The summed E-state index contributed by atoms with van der Waals surface area (Å²) in [5, 5.41) is 0. The molecule has 6 nitrogen and oxygen atoms in total. The van der Waals surface area contributed by atoms with E-state index in [1.54, 1.807) is 32.4 Å². The molecule has 0 spiro atoms. The number of carbonyl (C=O) groups is 1. The van der Waals surface area contributed by atoms with Gasteiger partial charge in [-0.3, -0.25) is 4.79 Å². The number of benzene rings is 1. The van der Waals surface area contributed by atoms with Gasteiger partial charge in [-0.1, -0.05) is 30.3 Å². The van der Waals surface area contributed by atoms with Gasteiger partial charge in [-0.15, -0.1) is 0 Å². The average molecular weight is 365 g/mol. The van der Waals surface area contributed by atoms with Crippen LogP contribution in [0.15, 0.2) is 58.0 Å². The lowest BCUT2D eigenvalue weighted by Gasteiger charge is -2.16. The average Bonchev–Trinajstić information content (AvgIpc) is 3.15. The van der Waals surface area contributed by atoms with Gasteiger partial charge in [-0.05, 0) is 37.0 Å². The van der Waals surface area contributed by atoms with Crippen LogP contribution in [0, 0.1) is 6.92 Å². The van der Waals surface area contributed by atoms with Crippen LogP contribution in [-0.4, -0.2) is 27.8 Å². The van der Waals surface area contributed by atoms with Crippen LogP contribution in [0.4, 0.5) is 0 Å². The van der Waals surface area contributed by atoms with E-state index in [2.05, 4.69) is 22.1 Å².